The number of carbonyl (C=O) groups is 2. The van der Waals surface area contributed by atoms with E-state index in [1.807, 2.05) is 60.3 Å². The van der Waals surface area contributed by atoms with Gasteiger partial charge in [-0.2, -0.15) is 0 Å². The SMILES string of the molecule is Cn1ccnc1[C@@H](NC(=O)CCC(=O)c1ccc2c(c1)CCC2)c1ccccc1. The van der Waals surface area contributed by atoms with Gasteiger partial charge in [-0.3, -0.25) is 9.59 Å². The molecule has 1 heterocycles. The molecule has 0 unspecified atom stereocenters. The smallest absolute Gasteiger partial charge is 0.221 e. The minimum atomic E-state index is -0.348. The molecule has 5 heteroatoms. The number of aromatic nitrogens is 2. The number of benzene rings is 2. The zero-order chi connectivity index (χ0) is 20.2. The summed E-state index contributed by atoms with van der Waals surface area (Å²) in [6.45, 7) is 0. The van der Waals surface area contributed by atoms with Gasteiger partial charge in [0.05, 0.1) is 0 Å². The number of fused-ring (bicyclic) bond motifs is 1. The molecule has 1 aliphatic rings. The molecule has 1 aliphatic carbocycles. The van der Waals surface area contributed by atoms with E-state index >= 15 is 0 Å². The van der Waals surface area contributed by atoms with Crippen LogP contribution in [0.15, 0.2) is 60.9 Å². The lowest BCUT2D eigenvalue weighted by Crippen LogP contribution is -2.31. The average Bonchev–Trinajstić information content (AvgIpc) is 3.39. The van der Waals surface area contributed by atoms with E-state index in [-0.39, 0.29) is 30.6 Å². The molecule has 0 fully saturated rings. The molecule has 148 valence electrons. The fourth-order valence-electron chi connectivity index (χ4n) is 3.95. The summed E-state index contributed by atoms with van der Waals surface area (Å²) in [6.07, 6.45) is 7.23. The third-order valence-corrected chi connectivity index (χ3v) is 5.55. The van der Waals surface area contributed by atoms with E-state index in [9.17, 15) is 9.59 Å². The fraction of sp³-hybridized carbons (Fsp3) is 0.292. The van der Waals surface area contributed by atoms with Crippen molar-refractivity contribution in [3.8, 4) is 0 Å². The predicted octanol–water partition coefficient (Wildman–Crippen LogP) is 3.78. The molecule has 3 aromatic rings. The lowest BCUT2D eigenvalue weighted by Gasteiger charge is -2.19. The number of nitrogens with one attached hydrogen (secondary N) is 1. The van der Waals surface area contributed by atoms with Gasteiger partial charge in [0.2, 0.25) is 5.91 Å². The van der Waals surface area contributed by atoms with Crippen molar-refractivity contribution >= 4 is 11.7 Å². The molecule has 0 saturated carbocycles. The topological polar surface area (TPSA) is 64.0 Å². The molecule has 1 atom stereocenters. The van der Waals surface area contributed by atoms with E-state index in [0.29, 0.717) is 5.56 Å². The summed E-state index contributed by atoms with van der Waals surface area (Å²) >= 11 is 0. The van der Waals surface area contributed by atoms with Gasteiger partial charge in [0, 0.05) is 37.8 Å². The van der Waals surface area contributed by atoms with Crippen LogP contribution in [0.3, 0.4) is 0 Å². The number of aryl methyl sites for hydroxylation is 3. The summed E-state index contributed by atoms with van der Waals surface area (Å²) in [5, 5.41) is 3.05. The number of ketones is 1. The first kappa shape index (κ1) is 19.1. The van der Waals surface area contributed by atoms with E-state index in [1.54, 1.807) is 6.20 Å². The minimum absolute atomic E-state index is 0.0168. The first-order valence-corrected chi connectivity index (χ1v) is 10.1. The molecule has 0 radical (unpaired) electrons. The number of nitrogens with zero attached hydrogens (tertiary/aromatic N) is 2. The summed E-state index contributed by atoms with van der Waals surface area (Å²) in [6, 6.07) is 15.4. The molecule has 29 heavy (non-hydrogen) atoms. The Hall–Kier alpha value is -3.21. The largest absolute Gasteiger partial charge is 0.342 e. The second-order valence-electron chi connectivity index (χ2n) is 7.57. The lowest BCUT2D eigenvalue weighted by molar-refractivity contribution is -0.121. The van der Waals surface area contributed by atoms with Gasteiger partial charge in [-0.05, 0) is 42.0 Å². The Morgan fingerprint density at radius 3 is 2.62 bits per heavy atom. The third-order valence-electron chi connectivity index (χ3n) is 5.55. The molecule has 2 aromatic carbocycles. The highest BCUT2D eigenvalue weighted by Crippen LogP contribution is 2.24. The van der Waals surface area contributed by atoms with Crippen LogP contribution in [0.1, 0.15) is 58.2 Å². The van der Waals surface area contributed by atoms with E-state index in [2.05, 4.69) is 16.4 Å². The van der Waals surface area contributed by atoms with Crippen LogP contribution in [0.4, 0.5) is 0 Å². The summed E-state index contributed by atoms with van der Waals surface area (Å²) in [5.41, 5.74) is 4.29. The summed E-state index contributed by atoms with van der Waals surface area (Å²) in [4.78, 5) is 29.6. The van der Waals surface area contributed by atoms with E-state index in [0.717, 1.165) is 30.7 Å². The Bertz CT molecular complexity index is 1020. The zero-order valence-electron chi connectivity index (χ0n) is 16.6. The van der Waals surface area contributed by atoms with Crippen LogP contribution < -0.4 is 5.32 Å². The average molecular weight is 387 g/mol. The Balaban J connectivity index is 1.42. The summed E-state index contributed by atoms with van der Waals surface area (Å²) in [5.74, 6) is 0.619. The second kappa shape index (κ2) is 8.43. The monoisotopic (exact) mass is 387 g/mol. The molecule has 1 aromatic heterocycles. The Kier molecular flexibility index (Phi) is 5.56. The fourth-order valence-corrected chi connectivity index (χ4v) is 3.95. The highest BCUT2D eigenvalue weighted by atomic mass is 16.2. The predicted molar refractivity (Wildman–Crippen MR) is 112 cm³/mol. The number of hydrogen-bond acceptors (Lipinski definition) is 3. The second-order valence-corrected chi connectivity index (χ2v) is 7.57. The van der Waals surface area contributed by atoms with E-state index in [4.69, 9.17) is 0 Å². The maximum atomic E-state index is 12.7. The van der Waals surface area contributed by atoms with Crippen molar-refractivity contribution in [2.24, 2.45) is 7.05 Å². The molecule has 5 nitrogen and oxygen atoms in total. The molecule has 1 amide bonds. The molecular formula is C24H25N3O2. The number of hydrogen-bond donors (Lipinski definition) is 1. The number of Topliss-reactive ketones (excluding diaryl/α,β-unsaturated/α-hetero) is 1. The van der Waals surface area contributed by atoms with Crippen LogP contribution in [-0.4, -0.2) is 21.2 Å². The number of imidazole rings is 1. The number of amides is 1. The summed E-state index contributed by atoms with van der Waals surface area (Å²) < 4.78 is 1.90. The Labute approximate surface area is 170 Å². The van der Waals surface area contributed by atoms with Crippen LogP contribution in [0.2, 0.25) is 0 Å². The van der Waals surface area contributed by atoms with Crippen LogP contribution in [0.5, 0.6) is 0 Å². The minimum Gasteiger partial charge on any atom is -0.342 e. The Morgan fingerprint density at radius 2 is 1.86 bits per heavy atom. The molecular weight excluding hydrogens is 362 g/mol. The highest BCUT2D eigenvalue weighted by Gasteiger charge is 2.21. The van der Waals surface area contributed by atoms with Gasteiger partial charge in [-0.25, -0.2) is 4.98 Å². The van der Waals surface area contributed by atoms with Crippen LogP contribution >= 0.6 is 0 Å². The molecule has 4 rings (SSSR count). The van der Waals surface area contributed by atoms with Crippen LogP contribution in [-0.2, 0) is 24.7 Å². The first-order chi connectivity index (χ1) is 14.1. The van der Waals surface area contributed by atoms with Crippen molar-refractivity contribution in [1.29, 1.82) is 0 Å². The van der Waals surface area contributed by atoms with Crippen molar-refractivity contribution < 1.29 is 9.59 Å². The maximum Gasteiger partial charge on any atom is 0.221 e. The highest BCUT2D eigenvalue weighted by molar-refractivity contribution is 5.98. The lowest BCUT2D eigenvalue weighted by atomic mass is 10.0. The quantitative estimate of drug-likeness (QED) is 0.628. The van der Waals surface area contributed by atoms with Gasteiger partial charge in [-0.15, -0.1) is 0 Å². The van der Waals surface area contributed by atoms with Gasteiger partial charge < -0.3 is 9.88 Å². The first-order valence-electron chi connectivity index (χ1n) is 10.1. The molecule has 0 saturated heterocycles. The molecule has 0 aliphatic heterocycles. The van der Waals surface area contributed by atoms with E-state index < -0.39 is 0 Å². The normalized spacial score (nSPS) is 13.7. The van der Waals surface area contributed by atoms with Crippen molar-refractivity contribution in [1.82, 2.24) is 14.9 Å². The maximum absolute atomic E-state index is 12.7. The van der Waals surface area contributed by atoms with Gasteiger partial charge in [0.1, 0.15) is 11.9 Å². The third kappa shape index (κ3) is 4.29. The van der Waals surface area contributed by atoms with Crippen molar-refractivity contribution in [3.63, 3.8) is 0 Å². The van der Waals surface area contributed by atoms with Gasteiger partial charge in [0.15, 0.2) is 5.78 Å². The van der Waals surface area contributed by atoms with E-state index in [1.165, 1.54) is 11.1 Å². The van der Waals surface area contributed by atoms with Gasteiger partial charge >= 0.3 is 0 Å². The van der Waals surface area contributed by atoms with Crippen molar-refractivity contribution in [2.45, 2.75) is 38.1 Å². The number of rotatable bonds is 7. The van der Waals surface area contributed by atoms with Crippen LogP contribution in [0.25, 0.3) is 0 Å². The zero-order valence-corrected chi connectivity index (χ0v) is 16.6. The van der Waals surface area contributed by atoms with Crippen molar-refractivity contribution in [2.75, 3.05) is 0 Å². The molecule has 1 N–H and O–H groups in total. The van der Waals surface area contributed by atoms with Crippen molar-refractivity contribution in [3.05, 3.63) is 89.0 Å². The standard InChI is InChI=1S/C24H25N3O2/c1-27-15-14-25-24(27)23(18-6-3-2-4-7-18)26-22(29)13-12-21(28)20-11-10-17-8-5-9-19(17)16-20/h2-4,6-7,10-11,14-16,23H,5,8-9,12-13H2,1H3,(H,26,29)/t23-/m0/s1. The molecule has 0 spiro atoms. The van der Waals surface area contributed by atoms with Crippen LogP contribution in [0, 0.1) is 0 Å². The summed E-state index contributed by atoms with van der Waals surface area (Å²) in [7, 11) is 1.90. The Morgan fingerprint density at radius 1 is 1.07 bits per heavy atom. The van der Waals surface area contributed by atoms with Gasteiger partial charge in [0.25, 0.3) is 0 Å². The molecule has 0 bridgehead atoms. The van der Waals surface area contributed by atoms with Gasteiger partial charge in [-0.1, -0.05) is 42.5 Å². The number of carbonyl (C=O) groups excluding carboxylic acids is 2.